The summed E-state index contributed by atoms with van der Waals surface area (Å²) in [5, 5.41) is 0. The summed E-state index contributed by atoms with van der Waals surface area (Å²) in [7, 11) is 0. The van der Waals surface area contributed by atoms with Crippen molar-refractivity contribution in [3.63, 3.8) is 0 Å². The van der Waals surface area contributed by atoms with E-state index in [1.807, 2.05) is 0 Å². The molecule has 2 N–H and O–H groups in total. The SMILES string of the molecule is [In].[O]=[Cr](=[O])([OH])[OH]. The molecule has 0 aliphatic rings. The van der Waals surface area contributed by atoms with Crippen LogP contribution in [0.15, 0.2) is 0 Å². The Labute approximate surface area is 55.3 Å². The molecule has 0 amide bonds. The molecule has 0 rings (SSSR count). The van der Waals surface area contributed by atoms with Gasteiger partial charge in [0.2, 0.25) is 0 Å². The Bertz CT molecular complexity index is 90.7. The fourth-order valence-corrected chi connectivity index (χ4v) is 0. The van der Waals surface area contributed by atoms with Crippen LogP contribution >= 0.6 is 0 Å². The van der Waals surface area contributed by atoms with Crippen molar-refractivity contribution in [1.82, 2.24) is 0 Å². The molecule has 6 heavy (non-hydrogen) atoms. The first-order valence-electron chi connectivity index (χ1n) is 0.698. The van der Waals surface area contributed by atoms with E-state index in [9.17, 15) is 0 Å². The van der Waals surface area contributed by atoms with Crippen molar-refractivity contribution in [3.05, 3.63) is 0 Å². The van der Waals surface area contributed by atoms with E-state index in [-0.39, 0.29) is 25.8 Å². The Hall–Kier alpha value is 0.923. The van der Waals surface area contributed by atoms with E-state index in [0.29, 0.717) is 0 Å². The van der Waals surface area contributed by atoms with Gasteiger partial charge in [-0.2, -0.15) is 0 Å². The molecule has 35 valence electrons. The second kappa shape index (κ2) is 2.99. The number of hydrogen-bond acceptors (Lipinski definition) is 2. The zero-order valence-electron chi connectivity index (χ0n) is 2.70. The Kier molecular flexibility index (Phi) is 5.00. The topological polar surface area (TPSA) is 74.6 Å². The Morgan fingerprint density at radius 2 is 1.17 bits per heavy atom. The van der Waals surface area contributed by atoms with Gasteiger partial charge in [0, 0.05) is 25.8 Å². The second-order valence-corrected chi connectivity index (χ2v) is 1.85. The molecule has 0 aromatic carbocycles. The van der Waals surface area contributed by atoms with Crippen LogP contribution in [0.2, 0.25) is 0 Å². The Balaban J connectivity index is 0. The van der Waals surface area contributed by atoms with Crippen LogP contribution in [0.25, 0.3) is 0 Å². The molecule has 0 bridgehead atoms. The molecule has 0 saturated carbocycles. The molecule has 0 saturated heterocycles. The van der Waals surface area contributed by atoms with Gasteiger partial charge in [0.05, 0.1) is 0 Å². The van der Waals surface area contributed by atoms with Crippen LogP contribution in [0.3, 0.4) is 0 Å². The summed E-state index contributed by atoms with van der Waals surface area (Å²) < 4.78 is 31.9. The summed E-state index contributed by atoms with van der Waals surface area (Å²) in [5.41, 5.74) is 0. The minimum absolute atomic E-state index is 0. The van der Waals surface area contributed by atoms with Crippen LogP contribution in [0.4, 0.5) is 0 Å². The van der Waals surface area contributed by atoms with Gasteiger partial charge in [-0.25, -0.2) is 0 Å². The summed E-state index contributed by atoms with van der Waals surface area (Å²) in [4.78, 5) is 0. The third-order valence-corrected chi connectivity index (χ3v) is 0. The first-order valence-corrected chi connectivity index (χ1v) is 2.88. The molecule has 0 aromatic heterocycles. The van der Waals surface area contributed by atoms with Crippen LogP contribution in [0, 0.1) is 0 Å². The van der Waals surface area contributed by atoms with E-state index >= 15 is 0 Å². The average Bonchev–Trinajstić information content (AvgIpc) is 0.722. The van der Waals surface area contributed by atoms with Crippen molar-refractivity contribution in [2.24, 2.45) is 0 Å². The van der Waals surface area contributed by atoms with Crippen molar-refractivity contribution >= 4 is 25.8 Å². The van der Waals surface area contributed by atoms with Crippen molar-refractivity contribution in [1.29, 1.82) is 0 Å². The molecule has 6 heteroatoms. The second-order valence-electron chi connectivity index (χ2n) is 0.448. The average molecular weight is 233 g/mol. The van der Waals surface area contributed by atoms with Gasteiger partial charge < -0.3 is 0 Å². The molecular weight excluding hydrogens is 231 g/mol. The third-order valence-electron chi connectivity index (χ3n) is 0. The first kappa shape index (κ1) is 10.0. The zero-order valence-corrected chi connectivity index (χ0v) is 7.27. The maximum atomic E-state index is 8.82. The van der Waals surface area contributed by atoms with E-state index in [1.165, 1.54) is 0 Å². The van der Waals surface area contributed by atoms with E-state index in [0.717, 1.165) is 0 Å². The Morgan fingerprint density at radius 3 is 1.17 bits per heavy atom. The molecule has 3 radical (unpaired) electrons. The van der Waals surface area contributed by atoms with Crippen molar-refractivity contribution in [3.8, 4) is 0 Å². The first-order chi connectivity index (χ1) is 2.00. The minimum atomic E-state index is -5.25. The summed E-state index contributed by atoms with van der Waals surface area (Å²) in [6, 6.07) is 0. The molecule has 4 nitrogen and oxygen atoms in total. The van der Waals surface area contributed by atoms with Gasteiger partial charge in [0.25, 0.3) is 0 Å². The van der Waals surface area contributed by atoms with E-state index in [1.54, 1.807) is 0 Å². The van der Waals surface area contributed by atoms with Crippen molar-refractivity contribution in [2.45, 2.75) is 0 Å². The van der Waals surface area contributed by atoms with Gasteiger partial charge >= 0.3 is 29.5 Å². The number of hydrogen-bond donors (Lipinski definition) is 2. The van der Waals surface area contributed by atoms with E-state index < -0.39 is 13.6 Å². The molecule has 0 heterocycles. The maximum absolute atomic E-state index is 8.82. The van der Waals surface area contributed by atoms with Crippen molar-refractivity contribution < 1.29 is 29.5 Å². The van der Waals surface area contributed by atoms with Crippen LogP contribution in [-0.4, -0.2) is 34.2 Å². The van der Waals surface area contributed by atoms with Gasteiger partial charge in [-0.1, -0.05) is 0 Å². The van der Waals surface area contributed by atoms with Crippen LogP contribution in [0.1, 0.15) is 0 Å². The molecule has 0 atom stereocenters. The predicted octanol–water partition coefficient (Wildman–Crippen LogP) is -1.73. The fraction of sp³-hybridized carbons (Fsp3) is 0. The molecule has 0 aromatic rings. The summed E-state index contributed by atoms with van der Waals surface area (Å²) in [6.45, 7) is 0. The normalized spacial score (nSPS) is 9.67. The van der Waals surface area contributed by atoms with Crippen LogP contribution in [-0.2, 0) is 21.2 Å². The van der Waals surface area contributed by atoms with Crippen LogP contribution < -0.4 is 0 Å². The monoisotopic (exact) mass is 233 g/mol. The molecular formula is H2CrInO4. The summed E-state index contributed by atoms with van der Waals surface area (Å²) >= 11 is -5.25. The Morgan fingerprint density at radius 1 is 1.17 bits per heavy atom. The van der Waals surface area contributed by atoms with Gasteiger partial charge in [-0.15, -0.1) is 0 Å². The molecule has 0 fully saturated rings. The van der Waals surface area contributed by atoms with Crippen LogP contribution in [0.5, 0.6) is 0 Å². The third kappa shape index (κ3) is 89.0. The summed E-state index contributed by atoms with van der Waals surface area (Å²) in [5.74, 6) is 0. The zero-order chi connectivity index (χ0) is 4.50. The van der Waals surface area contributed by atoms with Gasteiger partial charge in [0.1, 0.15) is 0 Å². The van der Waals surface area contributed by atoms with Crippen molar-refractivity contribution in [2.75, 3.05) is 0 Å². The van der Waals surface area contributed by atoms with Gasteiger partial charge in [-0.05, 0) is 0 Å². The molecule has 0 unspecified atom stereocenters. The van der Waals surface area contributed by atoms with Gasteiger partial charge in [0.15, 0.2) is 0 Å². The van der Waals surface area contributed by atoms with E-state index in [2.05, 4.69) is 0 Å². The standard InChI is InChI=1S/Cr.In.2H2O.2O/h;;2*1H2;;/q+2;;;;;/p-2. The van der Waals surface area contributed by atoms with Gasteiger partial charge in [-0.3, -0.25) is 0 Å². The molecule has 0 aliphatic carbocycles. The quantitative estimate of drug-likeness (QED) is 0.521. The summed E-state index contributed by atoms with van der Waals surface area (Å²) in [6.07, 6.45) is 0. The fourth-order valence-electron chi connectivity index (χ4n) is 0. The molecule has 0 spiro atoms. The molecule has 0 aliphatic heterocycles. The van der Waals surface area contributed by atoms with E-state index in [4.69, 9.17) is 15.9 Å². The predicted molar refractivity (Wildman–Crippen MR) is 11.6 cm³/mol. The number of rotatable bonds is 0.